The van der Waals surface area contributed by atoms with Gasteiger partial charge in [0.2, 0.25) is 0 Å². The van der Waals surface area contributed by atoms with Crippen LogP contribution in [0.15, 0.2) is 24.8 Å². The van der Waals surface area contributed by atoms with Crippen LogP contribution in [0.2, 0.25) is 0 Å². The van der Waals surface area contributed by atoms with Gasteiger partial charge < -0.3 is 7.80 Å². The Morgan fingerprint density at radius 3 is 2.67 bits per heavy atom. The van der Waals surface area contributed by atoms with E-state index in [1.165, 1.54) is 0 Å². The third-order valence-electron chi connectivity index (χ3n) is 1.51. The van der Waals surface area contributed by atoms with E-state index >= 15 is 0 Å². The van der Waals surface area contributed by atoms with Gasteiger partial charge in [-0.3, -0.25) is 0 Å². The smallest absolute Gasteiger partial charge is 0.192 e. The van der Waals surface area contributed by atoms with Gasteiger partial charge in [-0.2, -0.15) is 0 Å². The van der Waals surface area contributed by atoms with Crippen LogP contribution >= 0.6 is 23.0 Å². The lowest BCUT2D eigenvalue weighted by atomic mass is 10.2. The van der Waals surface area contributed by atoms with Gasteiger partial charge in [-0.1, -0.05) is 18.7 Å². The maximum atomic E-state index is 5.08. The first-order valence-electron chi connectivity index (χ1n) is 3.41. The second kappa shape index (κ2) is 4.35. The molecule has 0 N–H and O–H groups in total. The van der Waals surface area contributed by atoms with Gasteiger partial charge in [0.15, 0.2) is 34.5 Å². The zero-order valence-electron chi connectivity index (χ0n) is 6.71. The highest BCUT2D eigenvalue weighted by Gasteiger charge is 2.02. The lowest BCUT2D eigenvalue weighted by Gasteiger charge is -2.05. The predicted molar refractivity (Wildman–Crippen MR) is 57.7 cm³/mol. The van der Waals surface area contributed by atoms with Gasteiger partial charge in [-0.25, -0.2) is 0 Å². The first kappa shape index (κ1) is 9.38. The predicted octanol–water partition coefficient (Wildman–Crippen LogP) is 3.07. The third-order valence-corrected chi connectivity index (χ3v) is 1.98. The van der Waals surface area contributed by atoms with Crippen LogP contribution in [0.5, 0.6) is 11.5 Å². The molecule has 0 amide bonds. The van der Waals surface area contributed by atoms with Crippen molar-refractivity contribution in [1.29, 1.82) is 0 Å². The molecule has 12 heavy (non-hydrogen) atoms. The molecule has 0 heterocycles. The van der Waals surface area contributed by atoms with E-state index in [-0.39, 0.29) is 0 Å². The summed E-state index contributed by atoms with van der Waals surface area (Å²) in [5.41, 5.74) is 1.02. The third kappa shape index (κ3) is 1.91. The Balaban J connectivity index is 3.10. The fourth-order valence-electron chi connectivity index (χ4n) is 0.881. The van der Waals surface area contributed by atoms with Crippen molar-refractivity contribution in [2.24, 2.45) is 0 Å². The minimum Gasteiger partial charge on any atom is -0.493 e. The Hall–Kier alpha value is -0.710. The molecule has 1 aromatic carbocycles. The van der Waals surface area contributed by atoms with E-state index < -0.39 is 0 Å². The minimum absolute atomic E-state index is 0.718. The number of benzene rings is 1. The van der Waals surface area contributed by atoms with Crippen LogP contribution in [0, 0.1) is 0 Å². The number of ether oxygens (including phenoxy) is 1. The molecule has 0 fully saturated rings. The van der Waals surface area contributed by atoms with E-state index in [2.05, 4.69) is 6.58 Å². The van der Waals surface area contributed by atoms with Crippen LogP contribution in [0.25, 0.3) is 6.08 Å². The summed E-state index contributed by atoms with van der Waals surface area (Å²) in [6.07, 6.45) is 1.76. The van der Waals surface area contributed by atoms with Crippen LogP contribution < -0.4 is 7.80 Å². The van der Waals surface area contributed by atoms with Crippen molar-refractivity contribution < 1.29 is 7.80 Å². The van der Waals surface area contributed by atoms with Crippen molar-refractivity contribution >= 4 is 29.1 Å². The van der Waals surface area contributed by atoms with Crippen molar-refractivity contribution in [3.63, 3.8) is 0 Å². The van der Waals surface area contributed by atoms with E-state index in [0.717, 1.165) is 17.1 Å². The highest BCUT2D eigenvalue weighted by molar-refractivity contribution is 14.1. The Bertz CT molecular complexity index is 284. The summed E-state index contributed by atoms with van der Waals surface area (Å²) in [6.45, 7) is 3.66. The lowest BCUT2D eigenvalue weighted by molar-refractivity contribution is 0.403. The van der Waals surface area contributed by atoms with Gasteiger partial charge in [-0.15, -0.1) is 0 Å². The average molecular weight is 276 g/mol. The number of halogens is 1. The van der Waals surface area contributed by atoms with Crippen LogP contribution in [-0.2, 0) is 0 Å². The molecular formula is C9H9IO2. The molecule has 0 saturated heterocycles. The quantitative estimate of drug-likeness (QED) is 0.790. The topological polar surface area (TPSA) is 18.5 Å². The van der Waals surface area contributed by atoms with Gasteiger partial charge in [0.25, 0.3) is 0 Å². The van der Waals surface area contributed by atoms with Crippen molar-refractivity contribution in [3.8, 4) is 11.5 Å². The largest absolute Gasteiger partial charge is 0.493 e. The maximum absolute atomic E-state index is 5.08. The van der Waals surface area contributed by atoms with Crippen molar-refractivity contribution in [2.75, 3.05) is 7.11 Å². The van der Waals surface area contributed by atoms with E-state index in [4.69, 9.17) is 7.80 Å². The molecule has 0 radical (unpaired) electrons. The molecule has 2 nitrogen and oxygen atoms in total. The fraction of sp³-hybridized carbons (Fsp3) is 0.111. The summed E-state index contributed by atoms with van der Waals surface area (Å²) < 4.78 is 10.1. The van der Waals surface area contributed by atoms with Crippen LogP contribution in [0.1, 0.15) is 5.56 Å². The van der Waals surface area contributed by atoms with E-state index in [9.17, 15) is 0 Å². The molecule has 0 unspecified atom stereocenters. The second-order valence-corrected chi connectivity index (χ2v) is 2.63. The molecular weight excluding hydrogens is 267 g/mol. The fourth-order valence-corrected chi connectivity index (χ4v) is 1.22. The minimum atomic E-state index is 0.718. The highest BCUT2D eigenvalue weighted by Crippen LogP contribution is 2.29. The summed E-state index contributed by atoms with van der Waals surface area (Å²) in [6, 6.07) is 5.65. The highest BCUT2D eigenvalue weighted by atomic mass is 127. The Morgan fingerprint density at radius 2 is 2.17 bits per heavy atom. The number of hydrogen-bond donors (Lipinski definition) is 0. The first-order chi connectivity index (χ1) is 5.81. The summed E-state index contributed by atoms with van der Waals surface area (Å²) in [4.78, 5) is 0. The molecule has 3 heteroatoms. The molecule has 1 aromatic rings. The second-order valence-electron chi connectivity index (χ2n) is 2.19. The van der Waals surface area contributed by atoms with Crippen LogP contribution in [0.3, 0.4) is 0 Å². The summed E-state index contributed by atoms with van der Waals surface area (Å²) in [7, 11) is 1.61. The molecule has 1 rings (SSSR count). The number of hydrogen-bond acceptors (Lipinski definition) is 2. The molecule has 0 spiro atoms. The lowest BCUT2D eigenvalue weighted by Crippen LogP contribution is -1.86. The standard InChI is InChI=1S/C9H9IO2/c1-3-7-4-5-8(11-2)9(6-7)12-10/h3-6H,1H2,2H3. The van der Waals surface area contributed by atoms with Gasteiger partial charge in [0.05, 0.1) is 7.11 Å². The van der Waals surface area contributed by atoms with Crippen LogP contribution in [-0.4, -0.2) is 7.11 Å². The van der Waals surface area contributed by atoms with E-state index in [1.54, 1.807) is 13.2 Å². The normalized spacial score (nSPS) is 9.17. The average Bonchev–Trinajstić information content (AvgIpc) is 2.16. The molecule has 0 saturated carbocycles. The van der Waals surface area contributed by atoms with Crippen molar-refractivity contribution in [2.45, 2.75) is 0 Å². The molecule has 0 aliphatic carbocycles. The Labute approximate surface area is 85.9 Å². The summed E-state index contributed by atoms with van der Waals surface area (Å²) in [5, 5.41) is 0. The molecule has 0 aliphatic rings. The Kier molecular flexibility index (Phi) is 3.40. The first-order valence-corrected chi connectivity index (χ1v) is 4.29. The Morgan fingerprint density at radius 1 is 1.42 bits per heavy atom. The number of methoxy groups -OCH3 is 1. The summed E-state index contributed by atoms with van der Waals surface area (Å²) >= 11 is 1.82. The van der Waals surface area contributed by atoms with Gasteiger partial charge in [0.1, 0.15) is 0 Å². The van der Waals surface area contributed by atoms with Crippen molar-refractivity contribution in [1.82, 2.24) is 0 Å². The molecule has 0 aliphatic heterocycles. The van der Waals surface area contributed by atoms with Gasteiger partial charge >= 0.3 is 0 Å². The molecule has 64 valence electrons. The maximum Gasteiger partial charge on any atom is 0.192 e. The van der Waals surface area contributed by atoms with E-state index in [0.29, 0.717) is 0 Å². The molecule has 0 bridgehead atoms. The van der Waals surface area contributed by atoms with Crippen LogP contribution in [0.4, 0.5) is 0 Å². The van der Waals surface area contributed by atoms with Gasteiger partial charge in [-0.05, 0) is 17.7 Å². The number of rotatable bonds is 3. The monoisotopic (exact) mass is 276 g/mol. The zero-order valence-corrected chi connectivity index (χ0v) is 8.87. The van der Waals surface area contributed by atoms with Gasteiger partial charge in [0, 0.05) is 0 Å². The molecule has 0 atom stereocenters. The SMILES string of the molecule is C=Cc1ccc(OC)c(OI)c1. The van der Waals surface area contributed by atoms with E-state index in [1.807, 2.05) is 41.2 Å². The summed E-state index contributed by atoms with van der Waals surface area (Å²) in [5.74, 6) is 1.45. The van der Waals surface area contributed by atoms with Crippen molar-refractivity contribution in [3.05, 3.63) is 30.3 Å². The molecule has 0 aromatic heterocycles. The zero-order chi connectivity index (χ0) is 8.97.